The van der Waals surface area contributed by atoms with Gasteiger partial charge in [0.2, 0.25) is 5.88 Å². The molecule has 0 radical (unpaired) electrons. The fourth-order valence-electron chi connectivity index (χ4n) is 2.85. The Kier molecular flexibility index (Phi) is 5.28. The second-order valence-electron chi connectivity index (χ2n) is 5.67. The summed E-state index contributed by atoms with van der Waals surface area (Å²) in [4.78, 5) is 22.2. The maximum absolute atomic E-state index is 11.3. The summed E-state index contributed by atoms with van der Waals surface area (Å²) in [5.74, 6) is 0.826. The van der Waals surface area contributed by atoms with Crippen molar-refractivity contribution in [1.82, 2.24) is 9.97 Å². The van der Waals surface area contributed by atoms with E-state index < -0.39 is 5.97 Å². The number of hydrogen-bond acceptors (Lipinski definition) is 6. The minimum atomic E-state index is -0.436. The van der Waals surface area contributed by atoms with E-state index in [1.165, 1.54) is 24.7 Å². The molecule has 0 saturated heterocycles. The van der Waals surface area contributed by atoms with Crippen LogP contribution in [0, 0.1) is 0 Å². The molecule has 0 amide bonds. The molecule has 0 spiro atoms. The van der Waals surface area contributed by atoms with E-state index in [1.54, 1.807) is 0 Å². The Morgan fingerprint density at radius 2 is 2.04 bits per heavy atom. The van der Waals surface area contributed by atoms with Crippen LogP contribution >= 0.6 is 0 Å². The third-order valence-electron chi connectivity index (χ3n) is 4.13. The summed E-state index contributed by atoms with van der Waals surface area (Å²) in [5.41, 5.74) is 3.30. The van der Waals surface area contributed by atoms with E-state index >= 15 is 0 Å². The fraction of sp³-hybridized carbons (Fsp3) is 0.316. The van der Waals surface area contributed by atoms with Gasteiger partial charge in [0.1, 0.15) is 12.1 Å². The molecule has 6 nitrogen and oxygen atoms in total. The standard InChI is InChI=1S/C19H21N3O3/c1-3-15-9-10-16-18(22(15)11-14-7-5-4-6-8-14)20-13-21-19(16)25-12-17(23)24-2/h4-9,13H,3,10-12H2,1-2H3. The van der Waals surface area contributed by atoms with Gasteiger partial charge in [-0.05, 0) is 12.0 Å². The molecular weight excluding hydrogens is 318 g/mol. The highest BCUT2D eigenvalue weighted by molar-refractivity contribution is 5.71. The number of hydrogen-bond donors (Lipinski definition) is 0. The number of benzene rings is 1. The van der Waals surface area contributed by atoms with Crippen LogP contribution in [-0.2, 0) is 22.5 Å². The van der Waals surface area contributed by atoms with Gasteiger partial charge in [0.15, 0.2) is 6.61 Å². The smallest absolute Gasteiger partial charge is 0.343 e. The maximum Gasteiger partial charge on any atom is 0.343 e. The quantitative estimate of drug-likeness (QED) is 0.754. The summed E-state index contributed by atoms with van der Waals surface area (Å²) < 4.78 is 10.2. The zero-order valence-electron chi connectivity index (χ0n) is 14.4. The van der Waals surface area contributed by atoms with E-state index in [0.717, 1.165) is 24.3 Å². The van der Waals surface area contributed by atoms with Crippen molar-refractivity contribution >= 4 is 11.8 Å². The topological polar surface area (TPSA) is 64.5 Å². The van der Waals surface area contributed by atoms with Crippen LogP contribution in [0.4, 0.5) is 5.82 Å². The first-order valence-electron chi connectivity index (χ1n) is 8.27. The van der Waals surface area contributed by atoms with E-state index in [1.807, 2.05) is 18.2 Å². The molecule has 1 aliphatic rings. The number of carbonyl (C=O) groups is 1. The van der Waals surface area contributed by atoms with E-state index in [2.05, 4.69) is 44.7 Å². The lowest BCUT2D eigenvalue weighted by Gasteiger charge is -2.31. The zero-order chi connectivity index (χ0) is 17.6. The fourth-order valence-corrected chi connectivity index (χ4v) is 2.85. The molecule has 0 fully saturated rings. The van der Waals surface area contributed by atoms with Crippen LogP contribution in [0.15, 0.2) is 48.4 Å². The van der Waals surface area contributed by atoms with Gasteiger partial charge in [-0.3, -0.25) is 0 Å². The van der Waals surface area contributed by atoms with Crippen LogP contribution in [0.25, 0.3) is 0 Å². The van der Waals surface area contributed by atoms with Crippen molar-refractivity contribution in [3.05, 3.63) is 59.6 Å². The molecule has 0 aliphatic carbocycles. The number of carbonyl (C=O) groups excluding carboxylic acids is 1. The molecule has 6 heteroatoms. The highest BCUT2D eigenvalue weighted by Gasteiger charge is 2.24. The molecule has 0 N–H and O–H groups in total. The van der Waals surface area contributed by atoms with Crippen LogP contribution in [-0.4, -0.2) is 29.7 Å². The SMILES string of the molecule is CCC1=CCc2c(OCC(=O)OC)ncnc2N1Cc1ccccc1. The molecule has 1 aliphatic heterocycles. The minimum Gasteiger partial charge on any atom is -0.466 e. The molecule has 0 atom stereocenters. The van der Waals surface area contributed by atoms with Crippen molar-refractivity contribution in [2.75, 3.05) is 18.6 Å². The van der Waals surface area contributed by atoms with Gasteiger partial charge < -0.3 is 14.4 Å². The van der Waals surface area contributed by atoms with Crippen LogP contribution in [0.1, 0.15) is 24.5 Å². The average Bonchev–Trinajstić information content (AvgIpc) is 2.67. The number of methoxy groups -OCH3 is 1. The number of anilines is 1. The van der Waals surface area contributed by atoms with Crippen molar-refractivity contribution in [2.45, 2.75) is 26.3 Å². The van der Waals surface area contributed by atoms with Crippen molar-refractivity contribution in [1.29, 1.82) is 0 Å². The number of aromatic nitrogens is 2. The molecule has 25 heavy (non-hydrogen) atoms. The van der Waals surface area contributed by atoms with Crippen molar-refractivity contribution < 1.29 is 14.3 Å². The van der Waals surface area contributed by atoms with Crippen molar-refractivity contribution in [2.24, 2.45) is 0 Å². The number of nitrogens with zero attached hydrogens (tertiary/aromatic N) is 3. The molecular formula is C19H21N3O3. The van der Waals surface area contributed by atoms with Gasteiger partial charge >= 0.3 is 5.97 Å². The molecule has 1 aromatic carbocycles. The molecule has 0 saturated carbocycles. The van der Waals surface area contributed by atoms with Crippen LogP contribution in [0.3, 0.4) is 0 Å². The molecule has 0 unspecified atom stereocenters. The van der Waals surface area contributed by atoms with Crippen LogP contribution < -0.4 is 9.64 Å². The first-order valence-corrected chi connectivity index (χ1v) is 8.27. The Labute approximate surface area is 147 Å². The molecule has 1 aromatic heterocycles. The van der Waals surface area contributed by atoms with Crippen molar-refractivity contribution in [3.8, 4) is 5.88 Å². The van der Waals surface area contributed by atoms with E-state index in [4.69, 9.17) is 4.74 Å². The summed E-state index contributed by atoms with van der Waals surface area (Å²) >= 11 is 0. The van der Waals surface area contributed by atoms with Crippen LogP contribution in [0.5, 0.6) is 5.88 Å². The normalized spacial score (nSPS) is 13.0. The summed E-state index contributed by atoms with van der Waals surface area (Å²) in [6.45, 7) is 2.69. The van der Waals surface area contributed by atoms with Gasteiger partial charge in [-0.2, -0.15) is 0 Å². The highest BCUT2D eigenvalue weighted by atomic mass is 16.6. The Bertz CT molecular complexity index is 775. The number of ether oxygens (including phenoxy) is 2. The zero-order valence-corrected chi connectivity index (χ0v) is 14.4. The number of rotatable bonds is 6. The summed E-state index contributed by atoms with van der Waals surface area (Å²) in [7, 11) is 1.33. The van der Waals surface area contributed by atoms with E-state index in [9.17, 15) is 4.79 Å². The van der Waals surface area contributed by atoms with Gasteiger partial charge in [0.05, 0.1) is 12.7 Å². The van der Waals surface area contributed by atoms with Gasteiger partial charge in [0, 0.05) is 18.7 Å². The molecule has 130 valence electrons. The lowest BCUT2D eigenvalue weighted by atomic mass is 10.0. The Morgan fingerprint density at radius 1 is 1.24 bits per heavy atom. The summed E-state index contributed by atoms with van der Waals surface area (Å²) in [5, 5.41) is 0. The monoisotopic (exact) mass is 339 g/mol. The second-order valence-corrected chi connectivity index (χ2v) is 5.67. The van der Waals surface area contributed by atoms with Gasteiger partial charge in [-0.1, -0.05) is 43.3 Å². The Morgan fingerprint density at radius 3 is 2.76 bits per heavy atom. The first kappa shape index (κ1) is 17.0. The van der Waals surface area contributed by atoms with Crippen LogP contribution in [0.2, 0.25) is 0 Å². The molecule has 2 heterocycles. The minimum absolute atomic E-state index is 0.164. The average molecular weight is 339 g/mol. The predicted octanol–water partition coefficient (Wildman–Crippen LogP) is 2.89. The lowest BCUT2D eigenvalue weighted by molar-refractivity contribution is -0.143. The summed E-state index contributed by atoms with van der Waals surface area (Å²) in [6.07, 6.45) is 5.23. The molecule has 2 aromatic rings. The third-order valence-corrected chi connectivity index (χ3v) is 4.13. The van der Waals surface area contributed by atoms with Gasteiger partial charge in [0.25, 0.3) is 0 Å². The van der Waals surface area contributed by atoms with Gasteiger partial charge in [-0.15, -0.1) is 0 Å². The largest absolute Gasteiger partial charge is 0.466 e. The number of fused-ring (bicyclic) bond motifs is 1. The number of esters is 1. The highest BCUT2D eigenvalue weighted by Crippen LogP contribution is 2.34. The third kappa shape index (κ3) is 3.79. The molecule has 0 bridgehead atoms. The van der Waals surface area contributed by atoms with Crippen molar-refractivity contribution in [3.63, 3.8) is 0 Å². The Hall–Kier alpha value is -2.89. The maximum atomic E-state index is 11.3. The predicted molar refractivity (Wildman–Crippen MR) is 94.2 cm³/mol. The molecule has 3 rings (SSSR count). The van der Waals surface area contributed by atoms with E-state index in [0.29, 0.717) is 12.3 Å². The lowest BCUT2D eigenvalue weighted by Crippen LogP contribution is -2.27. The first-order chi connectivity index (χ1) is 12.2. The second kappa shape index (κ2) is 7.79. The van der Waals surface area contributed by atoms with Gasteiger partial charge in [-0.25, -0.2) is 14.8 Å². The van der Waals surface area contributed by atoms with E-state index in [-0.39, 0.29) is 6.61 Å². The Balaban J connectivity index is 1.90. The number of allylic oxidation sites excluding steroid dienone is 2. The summed E-state index contributed by atoms with van der Waals surface area (Å²) in [6, 6.07) is 10.3.